The van der Waals surface area contributed by atoms with Crippen molar-refractivity contribution in [2.24, 2.45) is 10.7 Å². The maximum atomic E-state index is 14.2. The maximum Gasteiger partial charge on any atom is 0.274 e. The first-order valence-corrected chi connectivity index (χ1v) is 8.57. The number of carbonyl (C=O) groups excluding carboxylic acids is 1. The second-order valence-electron chi connectivity index (χ2n) is 6.50. The molecular formula is C19H15F3N6O. The smallest absolute Gasteiger partial charge is 0.274 e. The van der Waals surface area contributed by atoms with Crippen molar-refractivity contribution in [3.05, 3.63) is 77.9 Å². The van der Waals surface area contributed by atoms with Gasteiger partial charge < -0.3 is 15.6 Å². The topological polar surface area (TPSA) is 98.2 Å². The van der Waals surface area contributed by atoms with Crippen molar-refractivity contribution in [3.63, 3.8) is 0 Å². The Bertz CT molecular complexity index is 1100. The van der Waals surface area contributed by atoms with Crippen LogP contribution in [0.3, 0.4) is 0 Å². The number of anilines is 1. The Balaban J connectivity index is 1.67. The average molecular weight is 400 g/mol. The number of amides is 1. The van der Waals surface area contributed by atoms with E-state index in [1.807, 2.05) is 0 Å². The van der Waals surface area contributed by atoms with Gasteiger partial charge in [0.2, 0.25) is 0 Å². The number of aromatic nitrogens is 3. The third-order valence-corrected chi connectivity index (χ3v) is 4.62. The summed E-state index contributed by atoms with van der Waals surface area (Å²) in [6.45, 7) is -0.155. The van der Waals surface area contributed by atoms with Crippen molar-refractivity contribution in [1.82, 2.24) is 14.5 Å². The SMILES string of the molecule is NC1=NC(c2cccc(NC(=O)c3ccc(F)cn3)c2)(C(F)F)Cn2ccnc21. The van der Waals surface area contributed by atoms with Gasteiger partial charge >= 0.3 is 0 Å². The van der Waals surface area contributed by atoms with Crippen LogP contribution < -0.4 is 11.1 Å². The van der Waals surface area contributed by atoms with Crippen molar-refractivity contribution in [3.8, 4) is 0 Å². The van der Waals surface area contributed by atoms with E-state index in [0.717, 1.165) is 12.3 Å². The highest BCUT2D eigenvalue weighted by Crippen LogP contribution is 2.38. The number of hydrogen-bond acceptors (Lipinski definition) is 5. The molecule has 3 N–H and O–H groups in total. The fourth-order valence-corrected chi connectivity index (χ4v) is 3.20. The van der Waals surface area contributed by atoms with Gasteiger partial charge in [-0.25, -0.2) is 28.1 Å². The standard InChI is InChI=1S/C19H15F3N6O/c20-12-4-5-14(25-9-12)17(29)26-13-3-1-2-11(8-13)19(18(21)22)10-28-7-6-24-16(28)15(23)27-19/h1-9,18H,10H2,(H2,23,27)(H,26,29). The molecule has 0 saturated carbocycles. The molecule has 3 aromatic rings. The quantitative estimate of drug-likeness (QED) is 0.703. The molecule has 0 saturated heterocycles. The number of alkyl halides is 2. The molecule has 1 aliphatic heterocycles. The van der Waals surface area contributed by atoms with Gasteiger partial charge in [0.25, 0.3) is 12.3 Å². The first kappa shape index (κ1) is 18.7. The van der Waals surface area contributed by atoms with E-state index in [1.165, 1.54) is 35.0 Å². The molecule has 10 heteroatoms. The molecule has 4 rings (SSSR count). The minimum absolute atomic E-state index is 0.0108. The number of amidine groups is 1. The molecule has 1 atom stereocenters. The molecule has 3 heterocycles. The Labute approximate surface area is 163 Å². The van der Waals surface area contributed by atoms with Crippen LogP contribution in [0.15, 0.2) is 60.0 Å². The molecule has 7 nitrogen and oxygen atoms in total. The monoisotopic (exact) mass is 400 g/mol. The van der Waals surface area contributed by atoms with Crippen LogP contribution >= 0.6 is 0 Å². The van der Waals surface area contributed by atoms with Gasteiger partial charge in [-0.2, -0.15) is 0 Å². The largest absolute Gasteiger partial charge is 0.381 e. The molecule has 1 aliphatic rings. The number of fused-ring (bicyclic) bond motifs is 1. The summed E-state index contributed by atoms with van der Waals surface area (Å²) in [6, 6.07) is 8.31. The van der Waals surface area contributed by atoms with E-state index < -0.39 is 23.7 Å². The number of benzene rings is 1. The van der Waals surface area contributed by atoms with Crippen LogP contribution in [0, 0.1) is 5.82 Å². The molecule has 0 spiro atoms. The summed E-state index contributed by atoms with van der Waals surface area (Å²) >= 11 is 0. The van der Waals surface area contributed by atoms with E-state index in [0.29, 0.717) is 5.82 Å². The predicted octanol–water partition coefficient (Wildman–Crippen LogP) is 2.55. The summed E-state index contributed by atoms with van der Waals surface area (Å²) < 4.78 is 42.9. The van der Waals surface area contributed by atoms with E-state index >= 15 is 0 Å². The number of nitrogens with zero attached hydrogens (tertiary/aromatic N) is 4. The molecule has 0 aliphatic carbocycles. The van der Waals surface area contributed by atoms with E-state index in [9.17, 15) is 18.0 Å². The normalized spacial score (nSPS) is 18.3. The Morgan fingerprint density at radius 3 is 2.79 bits per heavy atom. The van der Waals surface area contributed by atoms with Gasteiger partial charge in [0.05, 0.1) is 12.7 Å². The molecule has 1 unspecified atom stereocenters. The van der Waals surface area contributed by atoms with Crippen molar-refractivity contribution >= 4 is 17.4 Å². The first-order chi connectivity index (χ1) is 13.9. The average Bonchev–Trinajstić information content (AvgIpc) is 3.17. The van der Waals surface area contributed by atoms with Crippen LogP contribution in [0.1, 0.15) is 21.9 Å². The highest BCUT2D eigenvalue weighted by molar-refractivity contribution is 6.02. The molecule has 2 aromatic heterocycles. The minimum atomic E-state index is -2.86. The van der Waals surface area contributed by atoms with Gasteiger partial charge in [0, 0.05) is 18.1 Å². The highest BCUT2D eigenvalue weighted by atomic mass is 19.3. The van der Waals surface area contributed by atoms with Gasteiger partial charge in [-0.15, -0.1) is 0 Å². The molecule has 0 radical (unpaired) electrons. The molecule has 0 bridgehead atoms. The number of imidazole rings is 1. The zero-order valence-electron chi connectivity index (χ0n) is 14.9. The van der Waals surface area contributed by atoms with Crippen LogP contribution in [-0.4, -0.2) is 32.7 Å². The first-order valence-electron chi connectivity index (χ1n) is 8.57. The lowest BCUT2D eigenvalue weighted by molar-refractivity contribution is 0.0407. The lowest BCUT2D eigenvalue weighted by Crippen LogP contribution is -2.44. The summed E-state index contributed by atoms with van der Waals surface area (Å²) in [7, 11) is 0. The summed E-state index contributed by atoms with van der Waals surface area (Å²) in [6.07, 6.45) is 1.08. The van der Waals surface area contributed by atoms with Crippen LogP contribution in [0.4, 0.5) is 18.9 Å². The number of hydrogen-bond donors (Lipinski definition) is 2. The summed E-state index contributed by atoms with van der Waals surface area (Å²) in [5, 5.41) is 2.57. The molecule has 1 aromatic carbocycles. The van der Waals surface area contributed by atoms with E-state index in [-0.39, 0.29) is 29.3 Å². The van der Waals surface area contributed by atoms with Gasteiger partial charge in [-0.1, -0.05) is 12.1 Å². The van der Waals surface area contributed by atoms with Crippen LogP contribution in [0.5, 0.6) is 0 Å². The molecule has 29 heavy (non-hydrogen) atoms. The van der Waals surface area contributed by atoms with Crippen molar-refractivity contribution in [1.29, 1.82) is 0 Å². The number of rotatable bonds is 4. The third-order valence-electron chi connectivity index (χ3n) is 4.62. The maximum absolute atomic E-state index is 14.2. The second-order valence-corrected chi connectivity index (χ2v) is 6.50. The van der Waals surface area contributed by atoms with Gasteiger partial charge in [-0.05, 0) is 29.8 Å². The second kappa shape index (κ2) is 7.04. The van der Waals surface area contributed by atoms with Crippen LogP contribution in [0.25, 0.3) is 0 Å². The van der Waals surface area contributed by atoms with Crippen molar-refractivity contribution < 1.29 is 18.0 Å². The van der Waals surface area contributed by atoms with Crippen molar-refractivity contribution in [2.45, 2.75) is 18.5 Å². The van der Waals surface area contributed by atoms with E-state index in [2.05, 4.69) is 20.3 Å². The van der Waals surface area contributed by atoms with Gasteiger partial charge in [0.1, 0.15) is 11.5 Å². The number of pyridine rings is 1. The van der Waals surface area contributed by atoms with Gasteiger partial charge in [-0.3, -0.25) is 4.79 Å². The van der Waals surface area contributed by atoms with Crippen LogP contribution in [0.2, 0.25) is 0 Å². The number of carbonyl (C=O) groups is 1. The lowest BCUT2D eigenvalue weighted by atomic mass is 9.89. The van der Waals surface area contributed by atoms with E-state index in [4.69, 9.17) is 5.73 Å². The minimum Gasteiger partial charge on any atom is -0.381 e. The number of aliphatic imine (C=N–C) groups is 1. The zero-order valence-corrected chi connectivity index (χ0v) is 14.9. The molecule has 148 valence electrons. The van der Waals surface area contributed by atoms with Crippen LogP contribution in [-0.2, 0) is 12.1 Å². The Hall–Kier alpha value is -3.69. The Morgan fingerprint density at radius 2 is 2.07 bits per heavy atom. The number of nitrogens with one attached hydrogen (secondary N) is 1. The molecule has 0 fully saturated rings. The highest BCUT2D eigenvalue weighted by Gasteiger charge is 2.45. The summed E-state index contributed by atoms with van der Waals surface area (Å²) in [5.41, 5.74) is 4.39. The summed E-state index contributed by atoms with van der Waals surface area (Å²) in [5.74, 6) is -0.939. The molecular weight excluding hydrogens is 385 g/mol. The predicted molar refractivity (Wildman–Crippen MR) is 99.2 cm³/mol. The fraction of sp³-hybridized carbons (Fsp3) is 0.158. The summed E-state index contributed by atoms with van der Waals surface area (Å²) in [4.78, 5) is 24.1. The lowest BCUT2D eigenvalue weighted by Gasteiger charge is -2.34. The van der Waals surface area contributed by atoms with E-state index in [1.54, 1.807) is 12.3 Å². The third kappa shape index (κ3) is 3.33. The molecule has 1 amide bonds. The number of halogens is 3. The Kier molecular flexibility index (Phi) is 4.53. The fourth-order valence-electron chi connectivity index (χ4n) is 3.20. The zero-order chi connectivity index (χ0) is 20.6. The number of nitrogens with two attached hydrogens (primary N) is 1. The van der Waals surface area contributed by atoms with Gasteiger partial charge in [0.15, 0.2) is 17.2 Å². The van der Waals surface area contributed by atoms with Crippen molar-refractivity contribution in [2.75, 3.05) is 5.32 Å². The Morgan fingerprint density at radius 1 is 1.24 bits per heavy atom.